The Morgan fingerprint density at radius 1 is 0.842 bits per heavy atom. The van der Waals surface area contributed by atoms with Crippen LogP contribution in [0.15, 0.2) is 46.9 Å². The van der Waals surface area contributed by atoms with Crippen LogP contribution < -0.4 is 9.47 Å². The molecule has 19 heavy (non-hydrogen) atoms. The van der Waals surface area contributed by atoms with Crippen LogP contribution in [0.4, 0.5) is 8.78 Å². The monoisotopic (exact) mass is 328 g/mol. The predicted molar refractivity (Wildman–Crippen MR) is 71.5 cm³/mol. The summed E-state index contributed by atoms with van der Waals surface area (Å²) in [6.07, 6.45) is 0. The maximum absolute atomic E-state index is 12.9. The van der Waals surface area contributed by atoms with Crippen molar-refractivity contribution in [2.45, 2.75) is 0 Å². The van der Waals surface area contributed by atoms with E-state index in [4.69, 9.17) is 9.47 Å². The van der Waals surface area contributed by atoms with Crippen LogP contribution in [0.2, 0.25) is 0 Å². The summed E-state index contributed by atoms with van der Waals surface area (Å²) in [6, 6.07) is 10.8. The number of benzene rings is 2. The van der Waals surface area contributed by atoms with E-state index < -0.39 is 11.6 Å². The van der Waals surface area contributed by atoms with Crippen molar-refractivity contribution in [2.24, 2.45) is 0 Å². The molecular weight excluding hydrogens is 318 g/mol. The second kappa shape index (κ2) is 6.52. The van der Waals surface area contributed by atoms with E-state index in [1.807, 2.05) is 24.3 Å². The third-order valence-corrected chi connectivity index (χ3v) is 2.80. The highest BCUT2D eigenvalue weighted by Gasteiger charge is 2.03. The van der Waals surface area contributed by atoms with E-state index in [-0.39, 0.29) is 12.4 Å². The van der Waals surface area contributed by atoms with Crippen LogP contribution in [0.5, 0.6) is 11.5 Å². The first kappa shape index (κ1) is 13.8. The second-order valence-corrected chi connectivity index (χ2v) is 4.65. The third-order valence-electron chi connectivity index (χ3n) is 2.31. The summed E-state index contributed by atoms with van der Waals surface area (Å²) in [5, 5.41) is 0. The van der Waals surface area contributed by atoms with Gasteiger partial charge in [0, 0.05) is 10.5 Å². The Kier molecular flexibility index (Phi) is 4.74. The fourth-order valence-corrected chi connectivity index (χ4v) is 1.82. The summed E-state index contributed by atoms with van der Waals surface area (Å²) in [5.41, 5.74) is 0. The number of hydrogen-bond acceptors (Lipinski definition) is 2. The van der Waals surface area contributed by atoms with Gasteiger partial charge in [0.2, 0.25) is 0 Å². The summed E-state index contributed by atoms with van der Waals surface area (Å²) in [6.45, 7) is 0.563. The van der Waals surface area contributed by atoms with E-state index in [0.717, 1.165) is 16.6 Å². The Hall–Kier alpha value is -1.62. The molecule has 0 aromatic heterocycles. The van der Waals surface area contributed by atoms with Crippen LogP contribution in [-0.4, -0.2) is 13.2 Å². The molecule has 100 valence electrons. The topological polar surface area (TPSA) is 18.5 Å². The van der Waals surface area contributed by atoms with Gasteiger partial charge in [-0.05, 0) is 30.3 Å². The Balaban J connectivity index is 1.79. The molecule has 0 amide bonds. The molecule has 2 aromatic carbocycles. The normalized spacial score (nSPS) is 10.3. The van der Waals surface area contributed by atoms with Gasteiger partial charge in [-0.25, -0.2) is 8.78 Å². The Labute approximate surface area is 118 Å². The van der Waals surface area contributed by atoms with E-state index in [1.54, 1.807) is 0 Å². The van der Waals surface area contributed by atoms with Crippen molar-refractivity contribution in [3.8, 4) is 11.5 Å². The van der Waals surface area contributed by atoms with Crippen LogP contribution in [0, 0.1) is 11.6 Å². The van der Waals surface area contributed by atoms with Gasteiger partial charge in [-0.2, -0.15) is 0 Å². The van der Waals surface area contributed by atoms with Crippen molar-refractivity contribution in [3.05, 3.63) is 58.6 Å². The molecule has 0 bridgehead atoms. The van der Waals surface area contributed by atoms with Crippen LogP contribution >= 0.6 is 15.9 Å². The van der Waals surface area contributed by atoms with Gasteiger partial charge in [-0.3, -0.25) is 0 Å². The molecule has 0 aliphatic rings. The van der Waals surface area contributed by atoms with E-state index in [0.29, 0.717) is 12.4 Å². The molecule has 0 aliphatic heterocycles. The second-order valence-electron chi connectivity index (χ2n) is 3.73. The fourth-order valence-electron chi connectivity index (χ4n) is 1.44. The minimum absolute atomic E-state index is 0.248. The zero-order chi connectivity index (χ0) is 13.7. The van der Waals surface area contributed by atoms with Crippen molar-refractivity contribution in [3.63, 3.8) is 0 Å². The molecule has 2 nitrogen and oxygen atoms in total. The lowest BCUT2D eigenvalue weighted by molar-refractivity contribution is 0.216. The highest BCUT2D eigenvalue weighted by molar-refractivity contribution is 9.10. The Morgan fingerprint density at radius 2 is 1.53 bits per heavy atom. The lowest BCUT2D eigenvalue weighted by Crippen LogP contribution is -2.09. The SMILES string of the molecule is Fc1ccc(OCCOc2cccc(Br)c2)cc1F. The molecule has 0 unspecified atom stereocenters. The summed E-state index contributed by atoms with van der Waals surface area (Å²) in [7, 11) is 0. The summed E-state index contributed by atoms with van der Waals surface area (Å²) in [4.78, 5) is 0. The molecule has 0 aliphatic carbocycles. The first-order valence-electron chi connectivity index (χ1n) is 5.61. The van der Waals surface area contributed by atoms with Gasteiger partial charge in [0.1, 0.15) is 24.7 Å². The lowest BCUT2D eigenvalue weighted by atomic mass is 10.3. The molecule has 0 N–H and O–H groups in total. The van der Waals surface area contributed by atoms with Crippen LogP contribution in [-0.2, 0) is 0 Å². The predicted octanol–water partition coefficient (Wildman–Crippen LogP) is 4.19. The lowest BCUT2D eigenvalue weighted by Gasteiger charge is -2.08. The van der Waals surface area contributed by atoms with Crippen molar-refractivity contribution in [1.82, 2.24) is 0 Å². The fraction of sp³-hybridized carbons (Fsp3) is 0.143. The molecule has 5 heteroatoms. The van der Waals surface area contributed by atoms with Crippen molar-refractivity contribution < 1.29 is 18.3 Å². The number of rotatable bonds is 5. The third kappa shape index (κ3) is 4.21. The molecule has 0 fully saturated rings. The van der Waals surface area contributed by atoms with Gasteiger partial charge in [0.25, 0.3) is 0 Å². The maximum Gasteiger partial charge on any atom is 0.162 e. The van der Waals surface area contributed by atoms with Crippen LogP contribution in [0.25, 0.3) is 0 Å². The largest absolute Gasteiger partial charge is 0.490 e. The van der Waals surface area contributed by atoms with Crippen molar-refractivity contribution >= 4 is 15.9 Å². The molecule has 0 saturated carbocycles. The molecular formula is C14H11BrF2O2. The molecule has 0 heterocycles. The maximum atomic E-state index is 12.9. The Bertz CT molecular complexity index is 561. The minimum Gasteiger partial charge on any atom is -0.490 e. The van der Waals surface area contributed by atoms with Gasteiger partial charge >= 0.3 is 0 Å². The van der Waals surface area contributed by atoms with E-state index >= 15 is 0 Å². The highest BCUT2D eigenvalue weighted by atomic mass is 79.9. The van der Waals surface area contributed by atoms with Gasteiger partial charge in [-0.1, -0.05) is 22.0 Å². The first-order valence-corrected chi connectivity index (χ1v) is 6.40. The molecule has 0 spiro atoms. The quantitative estimate of drug-likeness (QED) is 0.766. The first-order chi connectivity index (χ1) is 9.15. The molecule has 0 radical (unpaired) electrons. The van der Waals surface area contributed by atoms with Crippen molar-refractivity contribution in [2.75, 3.05) is 13.2 Å². The summed E-state index contributed by atoms with van der Waals surface area (Å²) < 4.78 is 37.2. The Morgan fingerprint density at radius 3 is 2.16 bits per heavy atom. The van der Waals surface area contributed by atoms with Gasteiger partial charge < -0.3 is 9.47 Å². The molecule has 2 aromatic rings. The summed E-state index contributed by atoms with van der Waals surface area (Å²) >= 11 is 3.33. The molecule has 0 atom stereocenters. The smallest absolute Gasteiger partial charge is 0.162 e. The zero-order valence-electron chi connectivity index (χ0n) is 9.91. The standard InChI is InChI=1S/C14H11BrF2O2/c15-10-2-1-3-11(8-10)18-6-7-19-12-4-5-13(16)14(17)9-12/h1-5,8-9H,6-7H2. The zero-order valence-corrected chi connectivity index (χ0v) is 11.5. The van der Waals surface area contributed by atoms with Gasteiger partial charge in [0.15, 0.2) is 11.6 Å². The molecule has 2 rings (SSSR count). The van der Waals surface area contributed by atoms with Crippen LogP contribution in [0.1, 0.15) is 0 Å². The van der Waals surface area contributed by atoms with E-state index in [9.17, 15) is 8.78 Å². The number of hydrogen-bond donors (Lipinski definition) is 0. The number of halogens is 3. The molecule has 0 saturated heterocycles. The highest BCUT2D eigenvalue weighted by Crippen LogP contribution is 2.18. The average Bonchev–Trinajstić information content (AvgIpc) is 2.39. The van der Waals surface area contributed by atoms with Gasteiger partial charge in [-0.15, -0.1) is 0 Å². The van der Waals surface area contributed by atoms with E-state index in [1.165, 1.54) is 6.07 Å². The van der Waals surface area contributed by atoms with Gasteiger partial charge in [0.05, 0.1) is 0 Å². The average molecular weight is 329 g/mol. The van der Waals surface area contributed by atoms with Crippen LogP contribution in [0.3, 0.4) is 0 Å². The summed E-state index contributed by atoms with van der Waals surface area (Å²) in [5.74, 6) is -0.830. The van der Waals surface area contributed by atoms with Crippen molar-refractivity contribution in [1.29, 1.82) is 0 Å². The minimum atomic E-state index is -0.926. The number of ether oxygens (including phenoxy) is 2. The van der Waals surface area contributed by atoms with E-state index in [2.05, 4.69) is 15.9 Å².